The van der Waals surface area contributed by atoms with E-state index in [1.165, 1.54) is 0 Å². The first-order valence-corrected chi connectivity index (χ1v) is 5.76. The van der Waals surface area contributed by atoms with Gasteiger partial charge in [0.05, 0.1) is 11.9 Å². The Bertz CT molecular complexity index is 514. The molecule has 94 valence electrons. The maximum atomic E-state index is 12.5. The van der Waals surface area contributed by atoms with E-state index in [0.717, 1.165) is 5.69 Å². The van der Waals surface area contributed by atoms with Gasteiger partial charge in [0.25, 0.3) is 0 Å². The number of amides is 1. The van der Waals surface area contributed by atoms with Crippen LogP contribution in [-0.2, 0) is 4.79 Å². The molecule has 0 aliphatic carbocycles. The van der Waals surface area contributed by atoms with E-state index in [1.54, 1.807) is 11.1 Å². The summed E-state index contributed by atoms with van der Waals surface area (Å²) in [5.74, 6) is 0.476. The van der Waals surface area contributed by atoms with Gasteiger partial charge < -0.3 is 0 Å². The molecular formula is C13H16N4O. The third kappa shape index (κ3) is 2.40. The van der Waals surface area contributed by atoms with E-state index < -0.39 is 5.41 Å². The number of carbonyl (C=O) groups is 1. The SMILES string of the molecule is CC(C)(C)C(=O)N(c1ccccc1)c1c[nH]nn1. The standard InChI is InChI=1S/C13H16N4O/c1-13(2,3)12(18)17(11-9-14-16-15-11)10-7-5-4-6-8-10/h4-9H,1-3H3,(H,14,15,16). The van der Waals surface area contributed by atoms with Crippen LogP contribution in [0.3, 0.4) is 0 Å². The number of nitrogens with one attached hydrogen (secondary N) is 1. The van der Waals surface area contributed by atoms with E-state index >= 15 is 0 Å². The van der Waals surface area contributed by atoms with Crippen LogP contribution in [0.2, 0.25) is 0 Å². The number of carbonyl (C=O) groups excluding carboxylic acids is 1. The second-order valence-corrected chi connectivity index (χ2v) is 5.06. The number of benzene rings is 1. The summed E-state index contributed by atoms with van der Waals surface area (Å²) in [5, 5.41) is 10.2. The summed E-state index contributed by atoms with van der Waals surface area (Å²) in [7, 11) is 0. The molecule has 1 N–H and O–H groups in total. The van der Waals surface area contributed by atoms with Crippen molar-refractivity contribution in [3.8, 4) is 0 Å². The highest BCUT2D eigenvalue weighted by Gasteiger charge is 2.30. The van der Waals surface area contributed by atoms with Crippen molar-refractivity contribution < 1.29 is 4.79 Å². The predicted octanol–water partition coefficient (Wildman–Crippen LogP) is 2.52. The highest BCUT2D eigenvalue weighted by molar-refractivity contribution is 6.02. The average molecular weight is 244 g/mol. The van der Waals surface area contributed by atoms with Crippen LogP contribution >= 0.6 is 0 Å². The summed E-state index contributed by atoms with van der Waals surface area (Å²) in [5.41, 5.74) is 0.292. The zero-order valence-corrected chi connectivity index (χ0v) is 10.7. The Kier molecular flexibility index (Phi) is 3.14. The number of hydrogen-bond acceptors (Lipinski definition) is 3. The molecule has 0 aliphatic rings. The molecule has 2 rings (SSSR count). The molecule has 18 heavy (non-hydrogen) atoms. The minimum absolute atomic E-state index is 0.0254. The molecule has 0 saturated heterocycles. The third-order valence-corrected chi connectivity index (χ3v) is 2.49. The van der Waals surface area contributed by atoms with Crippen LogP contribution in [-0.4, -0.2) is 21.3 Å². The molecule has 0 spiro atoms. The molecule has 0 bridgehead atoms. The van der Waals surface area contributed by atoms with E-state index in [2.05, 4.69) is 15.4 Å². The molecule has 0 saturated carbocycles. The first-order valence-electron chi connectivity index (χ1n) is 5.76. The van der Waals surface area contributed by atoms with Crippen molar-refractivity contribution in [2.75, 3.05) is 4.90 Å². The van der Waals surface area contributed by atoms with Gasteiger partial charge >= 0.3 is 0 Å². The molecule has 1 heterocycles. The fraction of sp³-hybridized carbons (Fsp3) is 0.308. The van der Waals surface area contributed by atoms with E-state index in [4.69, 9.17) is 0 Å². The topological polar surface area (TPSA) is 61.9 Å². The lowest BCUT2D eigenvalue weighted by molar-refractivity contribution is -0.125. The first-order chi connectivity index (χ1) is 8.50. The van der Waals surface area contributed by atoms with Gasteiger partial charge in [0.15, 0.2) is 5.82 Å². The van der Waals surface area contributed by atoms with Gasteiger partial charge in [-0.2, -0.15) is 0 Å². The summed E-state index contributed by atoms with van der Waals surface area (Å²) in [4.78, 5) is 14.1. The molecular weight excluding hydrogens is 228 g/mol. The van der Waals surface area contributed by atoms with Crippen LogP contribution in [0.25, 0.3) is 0 Å². The van der Waals surface area contributed by atoms with Crippen LogP contribution in [0.1, 0.15) is 20.8 Å². The summed E-state index contributed by atoms with van der Waals surface area (Å²) in [6.07, 6.45) is 1.61. The molecule has 0 atom stereocenters. The van der Waals surface area contributed by atoms with Crippen molar-refractivity contribution in [2.24, 2.45) is 5.41 Å². The molecule has 0 radical (unpaired) electrons. The van der Waals surface area contributed by atoms with Gasteiger partial charge in [-0.3, -0.25) is 14.8 Å². The van der Waals surface area contributed by atoms with Gasteiger partial charge in [-0.1, -0.05) is 44.2 Å². The Balaban J connectivity index is 2.46. The van der Waals surface area contributed by atoms with E-state index in [-0.39, 0.29) is 5.91 Å². The number of para-hydroxylation sites is 1. The minimum atomic E-state index is -0.491. The Morgan fingerprint density at radius 2 is 1.89 bits per heavy atom. The van der Waals surface area contributed by atoms with Gasteiger partial charge in [0, 0.05) is 5.41 Å². The first kappa shape index (κ1) is 12.3. The quantitative estimate of drug-likeness (QED) is 0.882. The van der Waals surface area contributed by atoms with Gasteiger partial charge in [0.1, 0.15) is 0 Å². The van der Waals surface area contributed by atoms with E-state index in [9.17, 15) is 4.79 Å². The number of anilines is 2. The van der Waals surface area contributed by atoms with Crippen molar-refractivity contribution in [3.05, 3.63) is 36.5 Å². The second kappa shape index (κ2) is 4.60. The summed E-state index contributed by atoms with van der Waals surface area (Å²) < 4.78 is 0. The number of H-pyrrole nitrogens is 1. The number of aromatic amines is 1. The smallest absolute Gasteiger partial charge is 0.238 e. The Labute approximate surface area is 106 Å². The summed E-state index contributed by atoms with van der Waals surface area (Å²) in [6.45, 7) is 5.64. The molecule has 0 unspecified atom stereocenters. The lowest BCUT2D eigenvalue weighted by Gasteiger charge is -2.27. The highest BCUT2D eigenvalue weighted by atomic mass is 16.2. The van der Waals surface area contributed by atoms with Gasteiger partial charge in [-0.05, 0) is 12.1 Å². The van der Waals surface area contributed by atoms with Crippen molar-refractivity contribution >= 4 is 17.4 Å². The normalized spacial score (nSPS) is 11.3. The van der Waals surface area contributed by atoms with Crippen LogP contribution in [0.5, 0.6) is 0 Å². The maximum absolute atomic E-state index is 12.5. The van der Waals surface area contributed by atoms with Crippen LogP contribution in [0.4, 0.5) is 11.5 Å². The van der Waals surface area contributed by atoms with Crippen LogP contribution < -0.4 is 4.90 Å². The Morgan fingerprint density at radius 3 is 2.39 bits per heavy atom. The average Bonchev–Trinajstić information content (AvgIpc) is 2.83. The molecule has 0 aliphatic heterocycles. The molecule has 0 fully saturated rings. The molecule has 5 heteroatoms. The zero-order chi connectivity index (χ0) is 13.2. The molecule has 1 aromatic carbocycles. The maximum Gasteiger partial charge on any atom is 0.238 e. The number of nitrogens with zero attached hydrogens (tertiary/aromatic N) is 3. The fourth-order valence-corrected chi connectivity index (χ4v) is 1.57. The Hall–Kier alpha value is -2.17. The molecule has 2 aromatic rings. The lowest BCUT2D eigenvalue weighted by atomic mass is 9.94. The lowest BCUT2D eigenvalue weighted by Crippen LogP contribution is -2.36. The van der Waals surface area contributed by atoms with E-state index in [1.807, 2.05) is 51.1 Å². The second-order valence-electron chi connectivity index (χ2n) is 5.06. The van der Waals surface area contributed by atoms with Crippen LogP contribution in [0, 0.1) is 5.41 Å². The summed E-state index contributed by atoms with van der Waals surface area (Å²) >= 11 is 0. The van der Waals surface area contributed by atoms with Gasteiger partial charge in [-0.15, -0.1) is 5.10 Å². The zero-order valence-electron chi connectivity index (χ0n) is 10.7. The number of rotatable bonds is 2. The number of aromatic nitrogens is 3. The predicted molar refractivity (Wildman–Crippen MR) is 69.4 cm³/mol. The molecule has 5 nitrogen and oxygen atoms in total. The van der Waals surface area contributed by atoms with Crippen LogP contribution in [0.15, 0.2) is 36.5 Å². The highest BCUT2D eigenvalue weighted by Crippen LogP contribution is 2.28. The molecule has 1 aromatic heterocycles. The van der Waals surface area contributed by atoms with Crippen molar-refractivity contribution in [2.45, 2.75) is 20.8 Å². The van der Waals surface area contributed by atoms with Gasteiger partial charge in [0.2, 0.25) is 5.91 Å². The fourth-order valence-electron chi connectivity index (χ4n) is 1.57. The number of hydrogen-bond donors (Lipinski definition) is 1. The Morgan fingerprint density at radius 1 is 1.22 bits per heavy atom. The minimum Gasteiger partial charge on any atom is -0.273 e. The van der Waals surface area contributed by atoms with Crippen molar-refractivity contribution in [1.29, 1.82) is 0 Å². The third-order valence-electron chi connectivity index (χ3n) is 2.49. The van der Waals surface area contributed by atoms with Gasteiger partial charge in [-0.25, -0.2) is 0 Å². The molecule has 1 amide bonds. The largest absolute Gasteiger partial charge is 0.273 e. The van der Waals surface area contributed by atoms with E-state index in [0.29, 0.717) is 5.82 Å². The summed E-state index contributed by atoms with van der Waals surface area (Å²) in [6, 6.07) is 9.43. The monoisotopic (exact) mass is 244 g/mol. The van der Waals surface area contributed by atoms with Crippen molar-refractivity contribution in [3.63, 3.8) is 0 Å². The van der Waals surface area contributed by atoms with Crippen molar-refractivity contribution in [1.82, 2.24) is 15.4 Å².